The summed E-state index contributed by atoms with van der Waals surface area (Å²) in [4.78, 5) is 58.2. The van der Waals surface area contributed by atoms with E-state index in [0.717, 1.165) is 16.5 Å². The normalized spacial score (nSPS) is 28.8. The molecule has 0 spiro atoms. The number of nitrogens with one attached hydrogen (secondary N) is 4. The van der Waals surface area contributed by atoms with Gasteiger partial charge in [-0.3, -0.25) is 29.2 Å². The number of hydrogen-bond acceptors (Lipinski definition) is 7. The van der Waals surface area contributed by atoms with E-state index in [2.05, 4.69) is 21.4 Å². The fraction of sp³-hybridized carbons (Fsp3) is 0.516. The van der Waals surface area contributed by atoms with Crippen molar-refractivity contribution in [2.24, 2.45) is 11.3 Å². The minimum atomic E-state index is -1.27. The van der Waals surface area contributed by atoms with E-state index >= 15 is 0 Å². The second-order valence-electron chi connectivity index (χ2n) is 11.7. The molecule has 11 heteroatoms. The Hall–Kier alpha value is -3.83. The maximum atomic E-state index is 13.6. The van der Waals surface area contributed by atoms with Crippen molar-refractivity contribution in [3.8, 4) is 0 Å². The van der Waals surface area contributed by atoms with Crippen LogP contribution in [0, 0.1) is 11.3 Å². The quantitative estimate of drug-likeness (QED) is 0.373. The van der Waals surface area contributed by atoms with Crippen molar-refractivity contribution < 1.29 is 24.3 Å². The molecule has 1 saturated heterocycles. The minimum absolute atomic E-state index is 0.247. The predicted octanol–water partition coefficient (Wildman–Crippen LogP) is 1.97. The summed E-state index contributed by atoms with van der Waals surface area (Å²) in [5.74, 6) is -1.92. The van der Waals surface area contributed by atoms with E-state index in [4.69, 9.17) is 4.98 Å². The van der Waals surface area contributed by atoms with Crippen LogP contribution in [0.5, 0.6) is 0 Å². The van der Waals surface area contributed by atoms with E-state index < -0.39 is 42.0 Å². The van der Waals surface area contributed by atoms with Gasteiger partial charge < -0.3 is 21.1 Å². The maximum absolute atomic E-state index is 13.6. The molecule has 0 aliphatic carbocycles. The van der Waals surface area contributed by atoms with Gasteiger partial charge in [0.05, 0.1) is 29.3 Å². The molecule has 1 unspecified atom stereocenters. The molecule has 42 heavy (non-hydrogen) atoms. The SMILES string of the molecule is CCC1(CO)/C=C/c2ccc3ccc(nc3c2)[C@@H](C)NC(=O)[C@@H]2CCCN(N2)C(=O)[C@H](C)NC(=O)[C@H](C(C)C)NC1=O. The number of aromatic nitrogens is 1. The second-order valence-corrected chi connectivity index (χ2v) is 11.7. The van der Waals surface area contributed by atoms with Gasteiger partial charge in [0.1, 0.15) is 18.1 Å². The summed E-state index contributed by atoms with van der Waals surface area (Å²) in [5, 5.41) is 21.2. The fourth-order valence-electron chi connectivity index (χ4n) is 5.28. The number of aliphatic hydroxyl groups is 1. The number of fused-ring (bicyclic) bond motifs is 4. The lowest BCUT2D eigenvalue weighted by Crippen LogP contribution is -2.62. The highest BCUT2D eigenvalue weighted by atomic mass is 16.3. The smallest absolute Gasteiger partial charge is 0.258 e. The molecule has 0 radical (unpaired) electrons. The number of carbonyl (C=O) groups excluding carboxylic acids is 4. The third kappa shape index (κ3) is 6.63. The van der Waals surface area contributed by atoms with Crippen molar-refractivity contribution in [2.75, 3.05) is 13.2 Å². The van der Waals surface area contributed by atoms with Gasteiger partial charge in [-0.05, 0) is 56.7 Å². The molecule has 5 atom stereocenters. The van der Waals surface area contributed by atoms with Gasteiger partial charge in [0, 0.05) is 11.9 Å². The van der Waals surface area contributed by atoms with Gasteiger partial charge in [-0.1, -0.05) is 51.1 Å². The summed E-state index contributed by atoms with van der Waals surface area (Å²) >= 11 is 0. The van der Waals surface area contributed by atoms with Gasteiger partial charge in [0.2, 0.25) is 17.7 Å². The molecule has 1 fully saturated rings. The average molecular weight is 579 g/mol. The van der Waals surface area contributed by atoms with E-state index in [1.807, 2.05) is 37.3 Å². The highest BCUT2D eigenvalue weighted by molar-refractivity contribution is 5.94. The monoisotopic (exact) mass is 578 g/mol. The number of benzene rings is 1. The molecule has 2 aromatic rings. The Morgan fingerprint density at radius 3 is 2.43 bits per heavy atom. The van der Waals surface area contributed by atoms with Crippen molar-refractivity contribution in [1.82, 2.24) is 31.4 Å². The van der Waals surface area contributed by atoms with Crippen LogP contribution in [0.15, 0.2) is 36.4 Å². The Kier molecular flexibility index (Phi) is 9.63. The van der Waals surface area contributed by atoms with E-state index in [-0.39, 0.29) is 23.8 Å². The summed E-state index contributed by atoms with van der Waals surface area (Å²) in [5.41, 5.74) is 3.93. The number of nitrogens with zero attached hydrogens (tertiary/aromatic N) is 2. The van der Waals surface area contributed by atoms with E-state index in [1.165, 1.54) is 5.01 Å². The molecule has 11 nitrogen and oxygen atoms in total. The van der Waals surface area contributed by atoms with Crippen LogP contribution in [0.4, 0.5) is 0 Å². The highest BCUT2D eigenvalue weighted by Gasteiger charge is 2.38. The van der Waals surface area contributed by atoms with Crippen molar-refractivity contribution in [1.29, 1.82) is 0 Å². The molecule has 3 heterocycles. The Labute approximate surface area is 246 Å². The van der Waals surface area contributed by atoms with Crippen molar-refractivity contribution in [2.45, 2.75) is 78.0 Å². The van der Waals surface area contributed by atoms with Crippen LogP contribution < -0.4 is 21.4 Å². The number of aliphatic hydroxyl groups excluding tert-OH is 1. The first-order valence-electron chi connectivity index (χ1n) is 14.7. The molecule has 2 aliphatic heterocycles. The molecule has 2 aliphatic rings. The first-order valence-corrected chi connectivity index (χ1v) is 14.7. The van der Waals surface area contributed by atoms with E-state index in [1.54, 1.807) is 39.8 Å². The Balaban J connectivity index is 1.75. The van der Waals surface area contributed by atoms with Crippen LogP contribution in [-0.4, -0.2) is 70.0 Å². The van der Waals surface area contributed by atoms with Gasteiger partial charge in [-0.15, -0.1) is 0 Å². The van der Waals surface area contributed by atoms with Crippen LogP contribution in [-0.2, 0) is 19.2 Å². The van der Waals surface area contributed by atoms with Gasteiger partial charge >= 0.3 is 0 Å². The molecule has 4 amide bonds. The summed E-state index contributed by atoms with van der Waals surface area (Å²) in [6.45, 7) is 8.76. The lowest BCUT2D eigenvalue weighted by Gasteiger charge is -2.35. The van der Waals surface area contributed by atoms with Crippen LogP contribution in [0.2, 0.25) is 0 Å². The van der Waals surface area contributed by atoms with E-state index in [9.17, 15) is 24.3 Å². The van der Waals surface area contributed by atoms with Crippen molar-refractivity contribution >= 4 is 40.6 Å². The zero-order valence-corrected chi connectivity index (χ0v) is 24.9. The van der Waals surface area contributed by atoms with Crippen LogP contribution in [0.25, 0.3) is 17.0 Å². The van der Waals surface area contributed by atoms with Gasteiger partial charge in [-0.2, -0.15) is 0 Å². The zero-order valence-electron chi connectivity index (χ0n) is 24.9. The van der Waals surface area contributed by atoms with Gasteiger partial charge in [0.25, 0.3) is 5.91 Å². The standard InChI is InChI=1S/C31H42N6O5/c1-6-31(17-38)14-13-21-9-10-22-11-12-23(34-25(22)16-21)19(4)32-27(39)24-8-7-15-37(36-24)29(41)20(5)33-28(40)26(18(2)3)35-30(31)42/h9-14,16,18-20,24,26,36,38H,6-8,15,17H2,1-5H3,(H,32,39)(H,33,40)(H,35,42)/b14-13+/t19-,20+,24+,26+,31?/m1/s1. The predicted molar refractivity (Wildman–Crippen MR) is 159 cm³/mol. The van der Waals surface area contributed by atoms with Crippen LogP contribution in [0.1, 0.15) is 71.2 Å². The summed E-state index contributed by atoms with van der Waals surface area (Å²) < 4.78 is 0. The number of pyridine rings is 1. The average Bonchev–Trinajstić information content (AvgIpc) is 2.99. The van der Waals surface area contributed by atoms with Crippen LogP contribution in [0.3, 0.4) is 0 Å². The zero-order chi connectivity index (χ0) is 30.6. The van der Waals surface area contributed by atoms with E-state index in [0.29, 0.717) is 31.5 Å². The van der Waals surface area contributed by atoms with Gasteiger partial charge in [-0.25, -0.2) is 5.43 Å². The lowest BCUT2D eigenvalue weighted by atomic mass is 9.83. The molecule has 4 rings (SSSR count). The van der Waals surface area contributed by atoms with Crippen molar-refractivity contribution in [3.63, 3.8) is 0 Å². The third-order valence-electron chi connectivity index (χ3n) is 8.23. The highest BCUT2D eigenvalue weighted by Crippen LogP contribution is 2.27. The summed E-state index contributed by atoms with van der Waals surface area (Å²) in [6.07, 6.45) is 4.89. The molecule has 5 N–H and O–H groups in total. The maximum Gasteiger partial charge on any atom is 0.258 e. The number of carbonyl (C=O) groups is 4. The fourth-order valence-corrected chi connectivity index (χ4v) is 5.28. The molecule has 5 bridgehead atoms. The molecule has 1 aromatic carbocycles. The second kappa shape index (κ2) is 13.0. The summed E-state index contributed by atoms with van der Waals surface area (Å²) in [6, 6.07) is 6.67. The third-order valence-corrected chi connectivity index (χ3v) is 8.23. The molecule has 1 aromatic heterocycles. The molecular weight excluding hydrogens is 536 g/mol. The number of hydrazine groups is 1. The Bertz CT molecular complexity index is 1370. The molecular formula is C31H42N6O5. The first-order chi connectivity index (χ1) is 20.0. The number of hydrogen-bond donors (Lipinski definition) is 5. The topological polar surface area (TPSA) is 153 Å². The largest absolute Gasteiger partial charge is 0.395 e. The van der Waals surface area contributed by atoms with Crippen LogP contribution >= 0.6 is 0 Å². The number of amides is 4. The Morgan fingerprint density at radius 1 is 1.02 bits per heavy atom. The van der Waals surface area contributed by atoms with Gasteiger partial charge in [0.15, 0.2) is 0 Å². The number of rotatable bonds is 3. The molecule has 0 saturated carbocycles. The molecule has 226 valence electrons. The summed E-state index contributed by atoms with van der Waals surface area (Å²) in [7, 11) is 0. The first kappa shape index (κ1) is 31.1. The lowest BCUT2D eigenvalue weighted by molar-refractivity contribution is -0.143. The van der Waals surface area contributed by atoms with Crippen molar-refractivity contribution in [3.05, 3.63) is 47.7 Å². The minimum Gasteiger partial charge on any atom is -0.395 e. The Morgan fingerprint density at radius 2 is 1.74 bits per heavy atom.